The third kappa shape index (κ3) is 9.18. The van der Waals surface area contributed by atoms with Crippen LogP contribution < -0.4 is 29.6 Å². The number of amides is 2. The van der Waals surface area contributed by atoms with E-state index in [0.29, 0.717) is 0 Å². The van der Waals surface area contributed by atoms with Gasteiger partial charge in [0.05, 0.1) is 22.9 Å². The first-order valence-electron chi connectivity index (χ1n) is 20.4. The molecule has 2 amide bonds. The fourth-order valence-electron chi connectivity index (χ4n) is 8.96. The van der Waals surface area contributed by atoms with E-state index in [1.54, 1.807) is 13.8 Å². The van der Waals surface area contributed by atoms with Crippen molar-refractivity contribution in [3.63, 3.8) is 0 Å². The zero-order valence-corrected chi connectivity index (χ0v) is 34.5. The van der Waals surface area contributed by atoms with Gasteiger partial charge >= 0.3 is 0 Å². The van der Waals surface area contributed by atoms with Gasteiger partial charge in [-0.25, -0.2) is 0 Å². The summed E-state index contributed by atoms with van der Waals surface area (Å²) in [6.07, 6.45) is 22.6. The average molecular weight is 787 g/mol. The van der Waals surface area contributed by atoms with Crippen molar-refractivity contribution >= 4 is 80.5 Å². The van der Waals surface area contributed by atoms with Crippen LogP contribution in [0.25, 0.3) is 24.3 Å². The molecule has 0 saturated heterocycles. The molecule has 0 bridgehead atoms. The van der Waals surface area contributed by atoms with E-state index < -0.39 is 0 Å². The SMILES string of the molecule is CC(=O)Nc1cc[n+](CCSSCC[n+]2ccc(NC(C)=O)cc2C=Cc2cc3c4c(c2)CCCN4CCC3)c(C=Cc2cc3c4c(c2)CCCN4CCC3)c1. The van der Waals surface area contributed by atoms with E-state index in [-0.39, 0.29) is 11.8 Å². The topological polar surface area (TPSA) is 72.4 Å². The zero-order chi connectivity index (χ0) is 38.4. The molecule has 4 aromatic rings. The van der Waals surface area contributed by atoms with Gasteiger partial charge in [0.2, 0.25) is 23.2 Å². The van der Waals surface area contributed by atoms with Crippen LogP contribution in [0.15, 0.2) is 60.9 Å². The number of nitrogens with one attached hydrogen (secondary N) is 2. The minimum Gasteiger partial charge on any atom is -0.371 e. The first-order valence-corrected chi connectivity index (χ1v) is 22.9. The fraction of sp³-hybridized carbons (Fsp3) is 0.391. The second kappa shape index (κ2) is 17.7. The summed E-state index contributed by atoms with van der Waals surface area (Å²) in [6.45, 7) is 9.55. The summed E-state index contributed by atoms with van der Waals surface area (Å²) < 4.78 is 4.56. The van der Waals surface area contributed by atoms with E-state index in [1.807, 2.05) is 33.7 Å². The zero-order valence-electron chi connectivity index (χ0n) is 32.8. The lowest BCUT2D eigenvalue weighted by Crippen LogP contribution is -2.38. The van der Waals surface area contributed by atoms with E-state index in [9.17, 15) is 9.59 Å². The Bertz CT molecular complexity index is 1970. The smallest absolute Gasteiger partial charge is 0.221 e. The molecular formula is C46H54N6O2S2+2. The molecule has 0 unspecified atom stereocenters. The van der Waals surface area contributed by atoms with Crippen LogP contribution in [0.4, 0.5) is 22.7 Å². The van der Waals surface area contributed by atoms with Gasteiger partial charge in [0.25, 0.3) is 0 Å². The van der Waals surface area contributed by atoms with Gasteiger partial charge in [-0.15, -0.1) is 0 Å². The van der Waals surface area contributed by atoms with E-state index >= 15 is 0 Å². The fourth-order valence-corrected chi connectivity index (χ4v) is 10.9. The quantitative estimate of drug-likeness (QED) is 0.0814. The van der Waals surface area contributed by atoms with Crippen LogP contribution in [0.5, 0.6) is 0 Å². The molecule has 4 aliphatic rings. The number of hydrogen-bond donors (Lipinski definition) is 2. The van der Waals surface area contributed by atoms with Crippen molar-refractivity contribution in [2.45, 2.75) is 78.3 Å². The lowest BCUT2D eigenvalue weighted by molar-refractivity contribution is -0.694. The Kier molecular flexibility index (Phi) is 12.1. The van der Waals surface area contributed by atoms with Crippen molar-refractivity contribution in [2.24, 2.45) is 0 Å². The Labute approximate surface area is 339 Å². The van der Waals surface area contributed by atoms with E-state index in [1.165, 1.54) is 96.6 Å². The maximum Gasteiger partial charge on any atom is 0.221 e. The number of aromatic nitrogens is 2. The van der Waals surface area contributed by atoms with Crippen LogP contribution in [0.1, 0.15) is 84.3 Å². The van der Waals surface area contributed by atoms with Crippen molar-refractivity contribution in [2.75, 3.05) is 58.1 Å². The number of rotatable bonds is 13. The number of nitrogens with zero attached hydrogens (tertiary/aromatic N) is 4. The summed E-state index contributed by atoms with van der Waals surface area (Å²) in [7, 11) is 3.78. The molecule has 4 aliphatic heterocycles. The number of carbonyl (C=O) groups is 2. The third-order valence-corrected chi connectivity index (χ3v) is 13.7. The molecule has 6 heterocycles. The highest BCUT2D eigenvalue weighted by atomic mass is 33.1. The van der Waals surface area contributed by atoms with Crippen molar-refractivity contribution in [1.82, 2.24) is 0 Å². The summed E-state index contributed by atoms with van der Waals surface area (Å²) in [4.78, 5) is 29.0. The average Bonchev–Trinajstić information content (AvgIpc) is 3.18. The third-order valence-electron chi connectivity index (χ3n) is 11.3. The van der Waals surface area contributed by atoms with Crippen LogP contribution in [0.3, 0.4) is 0 Å². The lowest BCUT2D eigenvalue weighted by atomic mass is 9.90. The van der Waals surface area contributed by atoms with Gasteiger partial charge in [-0.1, -0.05) is 21.6 Å². The van der Waals surface area contributed by atoms with Crippen LogP contribution in [0, 0.1) is 0 Å². The Morgan fingerprint density at radius 1 is 0.589 bits per heavy atom. The van der Waals surface area contributed by atoms with E-state index in [0.717, 1.165) is 73.0 Å². The Morgan fingerprint density at radius 2 is 0.964 bits per heavy atom. The molecule has 0 aliphatic carbocycles. The summed E-state index contributed by atoms with van der Waals surface area (Å²) in [5.41, 5.74) is 15.2. The molecule has 0 fully saturated rings. The van der Waals surface area contributed by atoms with Gasteiger partial charge in [-0.3, -0.25) is 9.59 Å². The first-order chi connectivity index (χ1) is 27.4. The number of carbonyl (C=O) groups excluding carboxylic acids is 2. The van der Waals surface area contributed by atoms with Crippen molar-refractivity contribution in [3.8, 4) is 0 Å². The van der Waals surface area contributed by atoms with Crippen LogP contribution in [-0.4, -0.2) is 49.5 Å². The summed E-state index contributed by atoms with van der Waals surface area (Å²) in [5.74, 6) is 1.77. The minimum absolute atomic E-state index is 0.0659. The molecule has 2 aromatic heterocycles. The molecule has 290 valence electrons. The molecule has 0 atom stereocenters. The molecule has 8 nitrogen and oxygen atoms in total. The Hall–Kier alpha value is -4.54. The molecule has 0 saturated carbocycles. The Balaban J connectivity index is 0.914. The highest BCUT2D eigenvalue weighted by molar-refractivity contribution is 8.76. The van der Waals surface area contributed by atoms with E-state index in [2.05, 4.69) is 103 Å². The highest BCUT2D eigenvalue weighted by Gasteiger charge is 2.25. The van der Waals surface area contributed by atoms with Crippen molar-refractivity contribution in [3.05, 3.63) is 106 Å². The molecule has 2 aromatic carbocycles. The summed E-state index contributed by atoms with van der Waals surface area (Å²) in [6, 6.07) is 17.6. The largest absolute Gasteiger partial charge is 0.371 e. The van der Waals surface area contributed by atoms with Crippen molar-refractivity contribution < 1.29 is 18.7 Å². The second-order valence-electron chi connectivity index (χ2n) is 15.5. The molecule has 0 spiro atoms. The van der Waals surface area contributed by atoms with Gasteiger partial charge in [-0.2, -0.15) is 9.13 Å². The van der Waals surface area contributed by atoms with Gasteiger partial charge in [0.15, 0.2) is 25.5 Å². The van der Waals surface area contributed by atoms with E-state index in [4.69, 9.17) is 0 Å². The van der Waals surface area contributed by atoms with Gasteiger partial charge < -0.3 is 20.4 Å². The predicted molar refractivity (Wildman–Crippen MR) is 235 cm³/mol. The van der Waals surface area contributed by atoms with Gasteiger partial charge in [-0.05, 0) is 121 Å². The second-order valence-corrected chi connectivity index (χ2v) is 18.2. The lowest BCUT2D eigenvalue weighted by Gasteiger charge is -2.37. The van der Waals surface area contributed by atoms with Crippen LogP contribution in [-0.2, 0) is 48.4 Å². The number of benzene rings is 2. The van der Waals surface area contributed by atoms with Crippen molar-refractivity contribution in [1.29, 1.82) is 0 Å². The molecule has 0 radical (unpaired) electrons. The number of anilines is 4. The van der Waals surface area contributed by atoms with Crippen LogP contribution >= 0.6 is 21.6 Å². The summed E-state index contributed by atoms with van der Waals surface area (Å²) >= 11 is 0. The molecule has 2 N–H and O–H groups in total. The highest BCUT2D eigenvalue weighted by Crippen LogP contribution is 2.38. The van der Waals surface area contributed by atoms with Crippen LogP contribution in [0.2, 0.25) is 0 Å². The first kappa shape index (κ1) is 38.3. The maximum atomic E-state index is 11.9. The molecular weight excluding hydrogens is 733 g/mol. The number of pyridine rings is 2. The number of hydrogen-bond acceptors (Lipinski definition) is 6. The number of aryl methyl sites for hydroxylation is 6. The normalized spacial score (nSPS) is 15.9. The molecule has 8 rings (SSSR count). The molecule has 10 heteroatoms. The maximum absolute atomic E-state index is 11.9. The predicted octanol–water partition coefficient (Wildman–Crippen LogP) is 8.00. The monoisotopic (exact) mass is 786 g/mol. The van der Waals surface area contributed by atoms with Gasteiger partial charge in [0, 0.05) is 87.8 Å². The Morgan fingerprint density at radius 3 is 1.32 bits per heavy atom. The standard InChI is InChI=1S/C46H52N6O2S2/c1-33(53)47-41-15-21-49(43(31-41)13-11-35-27-37-7-3-17-51-18-4-8-38(28-35)45(37)51)23-25-55-56-26-24-50-22-16-42(48-34(2)54)32-44(50)14-12-36-29-39-9-5-19-52-20-6-10-40(30-36)46(39)52/h11-16,21-22,27-32H,3-10,17-20,23-26H2,1-2H3/p+2. The minimum atomic E-state index is -0.0659. The summed E-state index contributed by atoms with van der Waals surface area (Å²) in [5, 5.41) is 5.94. The van der Waals surface area contributed by atoms with Gasteiger partial charge in [0.1, 0.15) is 0 Å². The molecule has 56 heavy (non-hydrogen) atoms.